The summed E-state index contributed by atoms with van der Waals surface area (Å²) in [6.07, 6.45) is -5.09. The van der Waals surface area contributed by atoms with Gasteiger partial charge in [0, 0.05) is 13.0 Å². The smallest absolute Gasteiger partial charge is 0.379 e. The van der Waals surface area contributed by atoms with Crippen LogP contribution in [-0.4, -0.2) is 40.8 Å². The number of aliphatic hydroxyl groups is 1. The number of β-amino-alcohol motifs (C(OH)–C–C–N with tert-alkyl or cyclic N) is 1. The lowest BCUT2D eigenvalue weighted by Crippen LogP contribution is -2.48. The lowest BCUT2D eigenvalue weighted by atomic mass is 10.0. The zero-order valence-corrected chi connectivity index (χ0v) is 6.73. The van der Waals surface area contributed by atoms with E-state index in [1.807, 2.05) is 0 Å². The molecule has 1 fully saturated rings. The molecule has 13 heavy (non-hydrogen) atoms. The van der Waals surface area contributed by atoms with Gasteiger partial charge in [0.1, 0.15) is 0 Å². The van der Waals surface area contributed by atoms with Crippen molar-refractivity contribution in [3.05, 3.63) is 0 Å². The molecule has 0 amide bonds. The SMILES string of the molecule is N=C(N)N1CC[C@](O)(C(F)(F)F)C1. The molecule has 1 aliphatic heterocycles. The van der Waals surface area contributed by atoms with E-state index in [0.29, 0.717) is 0 Å². The monoisotopic (exact) mass is 197 g/mol. The molecule has 1 heterocycles. The van der Waals surface area contributed by atoms with Crippen LogP contribution in [0.1, 0.15) is 6.42 Å². The van der Waals surface area contributed by atoms with E-state index < -0.39 is 30.7 Å². The van der Waals surface area contributed by atoms with E-state index in [4.69, 9.17) is 16.2 Å². The molecule has 4 N–H and O–H groups in total. The molecule has 0 aromatic heterocycles. The molecular formula is C6H10F3N3O. The molecule has 0 spiro atoms. The van der Waals surface area contributed by atoms with Gasteiger partial charge in [-0.2, -0.15) is 13.2 Å². The number of hydrogen-bond acceptors (Lipinski definition) is 2. The van der Waals surface area contributed by atoms with Crippen LogP contribution in [0.2, 0.25) is 0 Å². The summed E-state index contributed by atoms with van der Waals surface area (Å²) in [5.41, 5.74) is 2.28. The first kappa shape index (κ1) is 10.1. The van der Waals surface area contributed by atoms with Gasteiger partial charge in [-0.25, -0.2) is 0 Å². The minimum absolute atomic E-state index is 0.0364. The maximum Gasteiger partial charge on any atom is 0.419 e. The molecule has 0 aliphatic carbocycles. The van der Waals surface area contributed by atoms with Crippen molar-refractivity contribution in [3.8, 4) is 0 Å². The van der Waals surface area contributed by atoms with Crippen LogP contribution in [0.15, 0.2) is 0 Å². The third kappa shape index (κ3) is 1.69. The zero-order valence-electron chi connectivity index (χ0n) is 6.73. The maximum atomic E-state index is 12.2. The lowest BCUT2D eigenvalue weighted by molar-refractivity contribution is -0.253. The topological polar surface area (TPSA) is 73.3 Å². The quantitative estimate of drug-likeness (QED) is 0.374. The van der Waals surface area contributed by atoms with Crippen molar-refractivity contribution in [1.29, 1.82) is 5.41 Å². The minimum Gasteiger partial charge on any atom is -0.379 e. The molecule has 0 bridgehead atoms. The van der Waals surface area contributed by atoms with Crippen LogP contribution < -0.4 is 5.73 Å². The molecular weight excluding hydrogens is 187 g/mol. The van der Waals surface area contributed by atoms with Gasteiger partial charge in [0.25, 0.3) is 0 Å². The Balaban J connectivity index is 2.72. The second-order valence-electron chi connectivity index (χ2n) is 3.09. The maximum absolute atomic E-state index is 12.2. The molecule has 0 aromatic rings. The molecule has 7 heteroatoms. The number of hydrogen-bond donors (Lipinski definition) is 3. The van der Waals surface area contributed by atoms with Gasteiger partial charge in [0.15, 0.2) is 11.6 Å². The fourth-order valence-corrected chi connectivity index (χ4v) is 1.23. The second-order valence-corrected chi connectivity index (χ2v) is 3.09. The van der Waals surface area contributed by atoms with Gasteiger partial charge in [-0.3, -0.25) is 5.41 Å². The van der Waals surface area contributed by atoms with Gasteiger partial charge in [-0.15, -0.1) is 0 Å². The molecule has 4 nitrogen and oxygen atoms in total. The lowest BCUT2D eigenvalue weighted by Gasteiger charge is -2.25. The first-order valence-electron chi connectivity index (χ1n) is 3.64. The van der Waals surface area contributed by atoms with Gasteiger partial charge in [0.05, 0.1) is 6.54 Å². The average molecular weight is 197 g/mol. The number of likely N-dealkylation sites (tertiary alicyclic amines) is 1. The van der Waals surface area contributed by atoms with Crippen LogP contribution in [0, 0.1) is 5.41 Å². The van der Waals surface area contributed by atoms with Crippen molar-refractivity contribution < 1.29 is 18.3 Å². The molecule has 0 saturated carbocycles. The Labute approximate surface area is 72.6 Å². The van der Waals surface area contributed by atoms with E-state index in [-0.39, 0.29) is 6.54 Å². The number of nitrogens with two attached hydrogens (primary N) is 1. The van der Waals surface area contributed by atoms with Gasteiger partial charge < -0.3 is 15.7 Å². The molecule has 1 rings (SSSR count). The summed E-state index contributed by atoms with van der Waals surface area (Å²) in [4.78, 5) is 0.994. The Hall–Kier alpha value is -0.980. The number of halogens is 3. The van der Waals surface area contributed by atoms with Crippen LogP contribution in [0.3, 0.4) is 0 Å². The van der Waals surface area contributed by atoms with Crippen molar-refractivity contribution in [2.75, 3.05) is 13.1 Å². The number of guanidine groups is 1. The Bertz CT molecular complexity index is 230. The molecule has 0 radical (unpaired) electrons. The van der Waals surface area contributed by atoms with Crippen molar-refractivity contribution >= 4 is 5.96 Å². The summed E-state index contributed by atoms with van der Waals surface area (Å²) >= 11 is 0. The second kappa shape index (κ2) is 2.76. The van der Waals surface area contributed by atoms with Crippen molar-refractivity contribution in [2.24, 2.45) is 5.73 Å². The summed E-state index contributed by atoms with van der Waals surface area (Å²) < 4.78 is 36.6. The van der Waals surface area contributed by atoms with Gasteiger partial charge in [-0.05, 0) is 0 Å². The largest absolute Gasteiger partial charge is 0.419 e. The van der Waals surface area contributed by atoms with Gasteiger partial charge in [-0.1, -0.05) is 0 Å². The highest BCUT2D eigenvalue weighted by Gasteiger charge is 2.57. The molecule has 1 atom stereocenters. The van der Waals surface area contributed by atoms with Gasteiger partial charge in [0.2, 0.25) is 0 Å². The van der Waals surface area contributed by atoms with E-state index in [0.717, 1.165) is 4.90 Å². The molecule has 76 valence electrons. The van der Waals surface area contributed by atoms with E-state index in [2.05, 4.69) is 0 Å². The van der Waals surface area contributed by atoms with E-state index in [9.17, 15) is 13.2 Å². The van der Waals surface area contributed by atoms with Crippen molar-refractivity contribution in [1.82, 2.24) is 4.90 Å². The van der Waals surface area contributed by atoms with Crippen LogP contribution >= 0.6 is 0 Å². The normalized spacial score (nSPS) is 29.4. The first-order valence-corrected chi connectivity index (χ1v) is 3.64. The predicted octanol–water partition coefficient (Wildman–Crippen LogP) is -0.121. The zero-order chi connectivity index (χ0) is 10.3. The number of nitrogens with zero attached hydrogens (tertiary/aromatic N) is 1. The Morgan fingerprint density at radius 1 is 1.54 bits per heavy atom. The summed E-state index contributed by atoms with van der Waals surface area (Å²) in [6.45, 7) is -0.683. The fraction of sp³-hybridized carbons (Fsp3) is 0.833. The predicted molar refractivity (Wildman–Crippen MR) is 39.1 cm³/mol. The van der Waals surface area contributed by atoms with Crippen molar-refractivity contribution in [3.63, 3.8) is 0 Å². The van der Waals surface area contributed by atoms with E-state index in [1.165, 1.54) is 0 Å². The van der Waals surface area contributed by atoms with Crippen LogP contribution in [0.4, 0.5) is 13.2 Å². The first-order chi connectivity index (χ1) is 5.76. The number of rotatable bonds is 0. The fourth-order valence-electron chi connectivity index (χ4n) is 1.23. The van der Waals surface area contributed by atoms with Crippen LogP contribution in [0.5, 0.6) is 0 Å². The summed E-state index contributed by atoms with van der Waals surface area (Å²) in [6, 6.07) is 0. The Morgan fingerprint density at radius 2 is 2.08 bits per heavy atom. The van der Waals surface area contributed by atoms with E-state index in [1.54, 1.807) is 0 Å². The Morgan fingerprint density at radius 3 is 2.31 bits per heavy atom. The highest BCUT2D eigenvalue weighted by molar-refractivity contribution is 5.75. The summed E-state index contributed by atoms with van der Waals surface area (Å²) in [5.74, 6) is -0.444. The molecule has 0 unspecified atom stereocenters. The van der Waals surface area contributed by atoms with Crippen LogP contribution in [-0.2, 0) is 0 Å². The highest BCUT2D eigenvalue weighted by Crippen LogP contribution is 2.37. The van der Waals surface area contributed by atoms with Crippen molar-refractivity contribution in [2.45, 2.75) is 18.2 Å². The molecule has 1 aliphatic rings. The third-order valence-electron chi connectivity index (χ3n) is 2.12. The van der Waals surface area contributed by atoms with Crippen LogP contribution in [0.25, 0.3) is 0 Å². The average Bonchev–Trinajstić information content (AvgIpc) is 2.31. The minimum atomic E-state index is -4.66. The third-order valence-corrected chi connectivity index (χ3v) is 2.12. The van der Waals surface area contributed by atoms with Gasteiger partial charge >= 0.3 is 6.18 Å². The number of nitrogens with one attached hydrogen (secondary N) is 1. The standard InChI is InChI=1S/C6H10F3N3O/c7-6(8,9)5(13)1-2-12(3-5)4(10)11/h13H,1-3H2,(H3,10,11)/t5-/m1/s1. The molecule has 0 aromatic carbocycles. The summed E-state index contributed by atoms with van der Waals surface area (Å²) in [5, 5.41) is 16.0. The van der Waals surface area contributed by atoms with E-state index >= 15 is 0 Å². The molecule has 1 saturated heterocycles. The Kier molecular flexibility index (Phi) is 2.15. The highest BCUT2D eigenvalue weighted by atomic mass is 19.4. The summed E-state index contributed by atoms with van der Waals surface area (Å²) in [7, 11) is 0. The number of alkyl halides is 3.